The maximum Gasteiger partial charge on any atom is 0.472 e. The van der Waals surface area contributed by atoms with Gasteiger partial charge >= 0.3 is 19.8 Å². The molecule has 0 aromatic rings. The number of carbonyl (C=O) groups is 2. The molecule has 0 aliphatic carbocycles. The minimum atomic E-state index is -4.40. The summed E-state index contributed by atoms with van der Waals surface area (Å²) in [5, 5.41) is 0. The molecule has 0 aliphatic rings. The fraction of sp³-hybridized carbons (Fsp3) is 0.622. The lowest BCUT2D eigenvalue weighted by Gasteiger charge is -2.24. The SMILES string of the molecule is CC/C=C\C/C=C\C/C=C\C/C=C\C/C=C\C/C=C\C/C=C\C/C=C\CCCCCCCCCCCCC(=O)OC(COC(=O)CCCCCCCCCCC/C=C\C/C=C\C/C=C\C/C=C\C/C=C\CC)COP(=O)(O)OCC[N+](C)(C)C. The first kappa shape index (κ1) is 79.6. The minimum absolute atomic E-state index is 0.0216. The number of carbonyl (C=O) groups excluding carboxylic acids is 2. The van der Waals surface area contributed by atoms with Crippen LogP contribution in [0.3, 0.4) is 0 Å². The molecule has 0 aromatic heterocycles. The molecule has 2 atom stereocenters. The van der Waals surface area contributed by atoms with Crippen LogP contribution in [0.4, 0.5) is 0 Å². The Balaban J connectivity index is 4.16. The number of rotatable bonds is 59. The fourth-order valence-corrected chi connectivity index (χ4v) is 9.27. The van der Waals surface area contributed by atoms with Crippen LogP contribution in [0.1, 0.15) is 245 Å². The number of allylic oxidation sites excluding steroid dienone is 26. The van der Waals surface area contributed by atoms with Crippen LogP contribution in [-0.4, -0.2) is 74.9 Å². The first-order valence-electron chi connectivity index (χ1n) is 33.2. The molecule has 1 N–H and O–H groups in total. The zero-order valence-electron chi connectivity index (χ0n) is 54.1. The molecule has 10 heteroatoms. The van der Waals surface area contributed by atoms with E-state index in [1.54, 1.807) is 0 Å². The summed E-state index contributed by atoms with van der Waals surface area (Å²) < 4.78 is 34.7. The molecule has 0 aromatic carbocycles. The van der Waals surface area contributed by atoms with Crippen LogP contribution in [-0.2, 0) is 32.7 Å². The van der Waals surface area contributed by atoms with Gasteiger partial charge in [-0.2, -0.15) is 0 Å². The lowest BCUT2D eigenvalue weighted by Crippen LogP contribution is -2.37. The van der Waals surface area contributed by atoms with Crippen LogP contribution >= 0.6 is 7.82 Å². The topological polar surface area (TPSA) is 108 Å². The largest absolute Gasteiger partial charge is 0.472 e. The highest BCUT2D eigenvalue weighted by molar-refractivity contribution is 7.47. The number of unbranched alkanes of at least 4 members (excludes halogenated alkanes) is 19. The predicted octanol–water partition coefficient (Wildman–Crippen LogP) is 21.6. The van der Waals surface area contributed by atoms with Gasteiger partial charge in [0.15, 0.2) is 6.10 Å². The van der Waals surface area contributed by atoms with Crippen LogP contribution in [0.15, 0.2) is 158 Å². The zero-order valence-corrected chi connectivity index (χ0v) is 55.0. The number of quaternary nitrogens is 1. The normalized spacial score (nSPS) is 14.2. The molecule has 0 radical (unpaired) electrons. The molecule has 9 nitrogen and oxygen atoms in total. The van der Waals surface area contributed by atoms with E-state index in [4.69, 9.17) is 18.5 Å². The van der Waals surface area contributed by atoms with Crippen molar-refractivity contribution < 1.29 is 42.1 Å². The Morgan fingerprint density at radius 3 is 0.952 bits per heavy atom. The molecule has 0 aliphatic heterocycles. The van der Waals surface area contributed by atoms with Gasteiger partial charge in [0.1, 0.15) is 19.8 Å². The Bertz CT molecular complexity index is 1970. The van der Waals surface area contributed by atoms with Gasteiger partial charge in [-0.15, -0.1) is 0 Å². The molecule has 0 amide bonds. The highest BCUT2D eigenvalue weighted by Gasteiger charge is 2.27. The molecule has 0 heterocycles. The van der Waals surface area contributed by atoms with Crippen molar-refractivity contribution in [2.45, 2.75) is 251 Å². The van der Waals surface area contributed by atoms with Crippen LogP contribution < -0.4 is 0 Å². The highest BCUT2D eigenvalue weighted by atomic mass is 31.2. The summed E-state index contributed by atoms with van der Waals surface area (Å²) in [4.78, 5) is 35.8. The van der Waals surface area contributed by atoms with Gasteiger partial charge in [-0.3, -0.25) is 18.6 Å². The molecule has 0 bridgehead atoms. The van der Waals surface area contributed by atoms with Gasteiger partial charge in [-0.05, 0) is 122 Å². The van der Waals surface area contributed by atoms with E-state index in [0.29, 0.717) is 17.4 Å². The monoisotopic (exact) mass is 1180 g/mol. The highest BCUT2D eigenvalue weighted by Crippen LogP contribution is 2.43. The number of likely N-dealkylation sites (N-methyl/N-ethyl adjacent to an activating group) is 1. The smallest absolute Gasteiger partial charge is 0.462 e. The number of ether oxygens (including phenoxy) is 2. The number of hydrogen-bond donors (Lipinski definition) is 1. The fourth-order valence-electron chi connectivity index (χ4n) is 8.53. The van der Waals surface area contributed by atoms with Crippen molar-refractivity contribution in [1.82, 2.24) is 0 Å². The summed E-state index contributed by atoms with van der Waals surface area (Å²) >= 11 is 0. The quantitative estimate of drug-likeness (QED) is 0.0211. The summed E-state index contributed by atoms with van der Waals surface area (Å²) in [6, 6.07) is 0. The number of esters is 2. The molecule has 476 valence electrons. The van der Waals surface area contributed by atoms with Crippen LogP contribution in [0, 0.1) is 0 Å². The third-order valence-electron chi connectivity index (χ3n) is 13.6. The molecule has 0 spiro atoms. The minimum Gasteiger partial charge on any atom is -0.462 e. The van der Waals surface area contributed by atoms with Gasteiger partial charge in [0.25, 0.3) is 0 Å². The second-order valence-corrected chi connectivity index (χ2v) is 24.2. The lowest BCUT2D eigenvalue weighted by atomic mass is 10.0. The average molecular weight is 1190 g/mol. The van der Waals surface area contributed by atoms with Gasteiger partial charge in [-0.25, -0.2) is 4.57 Å². The summed E-state index contributed by atoms with van der Waals surface area (Å²) in [7, 11) is 1.45. The van der Waals surface area contributed by atoms with Crippen molar-refractivity contribution in [3.8, 4) is 0 Å². The molecule has 0 saturated heterocycles. The van der Waals surface area contributed by atoms with E-state index in [0.717, 1.165) is 141 Å². The van der Waals surface area contributed by atoms with E-state index < -0.39 is 26.5 Å². The maximum atomic E-state index is 12.9. The maximum absolute atomic E-state index is 12.9. The average Bonchev–Trinajstić information content (AvgIpc) is 3.61. The molecule has 2 unspecified atom stereocenters. The van der Waals surface area contributed by atoms with Gasteiger partial charge in [0.2, 0.25) is 0 Å². The summed E-state index contributed by atoms with van der Waals surface area (Å²) in [5.74, 6) is -0.818. The van der Waals surface area contributed by atoms with Crippen LogP contribution in [0.5, 0.6) is 0 Å². The van der Waals surface area contributed by atoms with E-state index in [1.165, 1.54) is 70.6 Å². The van der Waals surface area contributed by atoms with Crippen LogP contribution in [0.2, 0.25) is 0 Å². The Kier molecular flexibility index (Phi) is 59.9. The molecule has 84 heavy (non-hydrogen) atoms. The molecule has 0 fully saturated rings. The van der Waals surface area contributed by atoms with Crippen molar-refractivity contribution >= 4 is 19.8 Å². The first-order valence-corrected chi connectivity index (χ1v) is 34.7. The number of hydrogen-bond acceptors (Lipinski definition) is 7. The number of nitrogens with zero attached hydrogens (tertiary/aromatic N) is 1. The van der Waals surface area contributed by atoms with Crippen molar-refractivity contribution in [2.75, 3.05) is 47.5 Å². The van der Waals surface area contributed by atoms with E-state index in [2.05, 4.69) is 172 Å². The number of phosphoric ester groups is 1. The van der Waals surface area contributed by atoms with Crippen molar-refractivity contribution in [3.63, 3.8) is 0 Å². The van der Waals surface area contributed by atoms with Crippen molar-refractivity contribution in [1.29, 1.82) is 0 Å². The van der Waals surface area contributed by atoms with Crippen LogP contribution in [0.25, 0.3) is 0 Å². The Labute approximate surface area is 516 Å². The molecule has 0 rings (SSSR count). The lowest BCUT2D eigenvalue weighted by molar-refractivity contribution is -0.870. The summed E-state index contributed by atoms with van der Waals surface area (Å²) in [5.41, 5.74) is 0. The third-order valence-corrected chi connectivity index (χ3v) is 14.5. The zero-order chi connectivity index (χ0) is 61.2. The predicted molar refractivity (Wildman–Crippen MR) is 362 cm³/mol. The molecular formula is C74H123NO8P+. The van der Waals surface area contributed by atoms with Gasteiger partial charge in [0, 0.05) is 12.8 Å². The summed E-state index contributed by atoms with van der Waals surface area (Å²) in [6.07, 6.45) is 94.6. The molecule has 0 saturated carbocycles. The molecular weight excluding hydrogens is 1060 g/mol. The van der Waals surface area contributed by atoms with E-state index in [1.807, 2.05) is 21.1 Å². The van der Waals surface area contributed by atoms with Crippen molar-refractivity contribution in [2.24, 2.45) is 0 Å². The number of phosphoric acid groups is 1. The Hall–Kier alpha value is -4.37. The van der Waals surface area contributed by atoms with E-state index >= 15 is 0 Å². The standard InChI is InChI=1S/C74H122NO8P/c1-6-8-10-12-14-16-18-20-22-24-26-28-30-32-33-34-35-36-37-38-39-40-41-43-45-47-49-51-53-55-57-59-61-63-65-67-74(77)83-72(71-82-84(78,79)81-69-68-75(3,4)5)70-80-73(76)66-64-62-60-58-56-54-52-50-48-46-44-42-31-29-27-25-23-21-19-17-15-13-11-9-7-2/h8-11,14-17,20-23,26-29,32-33,35-36,38-39,41-44,72H,6-7,12-13,18-19,24-25,30-31,34,37,40,45-71H2,1-5H3/p+1/b10-8-,11-9-,16-14-,17-15-,22-20-,23-21-,28-26-,29-27-,33-32-,36-35-,39-38-,43-41-,44-42-. The van der Waals surface area contributed by atoms with Gasteiger partial charge < -0.3 is 18.9 Å². The summed E-state index contributed by atoms with van der Waals surface area (Å²) in [6.45, 7) is 4.18. The van der Waals surface area contributed by atoms with Crippen molar-refractivity contribution in [3.05, 3.63) is 158 Å². The third kappa shape index (κ3) is 66.8. The second kappa shape index (κ2) is 63.1. The Morgan fingerprint density at radius 2 is 0.643 bits per heavy atom. The van der Waals surface area contributed by atoms with Gasteiger partial charge in [0.05, 0.1) is 27.7 Å². The van der Waals surface area contributed by atoms with E-state index in [9.17, 15) is 19.0 Å². The first-order chi connectivity index (χ1) is 41.0. The second-order valence-electron chi connectivity index (χ2n) is 22.7. The van der Waals surface area contributed by atoms with Gasteiger partial charge in [-0.1, -0.05) is 268 Å². The Morgan fingerprint density at radius 1 is 0.369 bits per heavy atom. The van der Waals surface area contributed by atoms with E-state index in [-0.39, 0.29) is 32.0 Å².